The van der Waals surface area contributed by atoms with E-state index < -0.39 is 5.91 Å². The highest BCUT2D eigenvalue weighted by Crippen LogP contribution is 2.22. The third kappa shape index (κ3) is 6.22. The highest BCUT2D eigenvalue weighted by molar-refractivity contribution is 5.92. The van der Waals surface area contributed by atoms with Gasteiger partial charge >= 0.3 is 0 Å². The minimum atomic E-state index is -0.427. The first-order valence-corrected chi connectivity index (χ1v) is 10.2. The second-order valence-electron chi connectivity index (χ2n) is 7.49. The van der Waals surface area contributed by atoms with Crippen molar-refractivity contribution in [1.82, 2.24) is 10.6 Å². The third-order valence-electron chi connectivity index (χ3n) is 5.09. The molecule has 3 rings (SSSR count). The van der Waals surface area contributed by atoms with E-state index in [-0.39, 0.29) is 0 Å². The average molecular weight is 411 g/mol. The standard InChI is InChI=1S/C23H30N4O3/c1-16-3-6-20(21(11-16)30-15-18-9-10-29-14-18)13-27-23(25-2)26-12-17-4-7-19(8-5-17)22(24)28/h3-8,11,18H,9-10,12-15H2,1-2H3,(H2,24,28)(H2,25,26,27). The Hall–Kier alpha value is -3.06. The summed E-state index contributed by atoms with van der Waals surface area (Å²) in [4.78, 5) is 15.5. The first-order valence-electron chi connectivity index (χ1n) is 10.2. The molecule has 1 saturated heterocycles. The Morgan fingerprint density at radius 2 is 1.97 bits per heavy atom. The van der Waals surface area contributed by atoms with Crippen molar-refractivity contribution >= 4 is 11.9 Å². The average Bonchev–Trinajstić information content (AvgIpc) is 3.27. The van der Waals surface area contributed by atoms with Gasteiger partial charge in [0.2, 0.25) is 5.91 Å². The number of primary amides is 1. The van der Waals surface area contributed by atoms with E-state index in [4.69, 9.17) is 15.2 Å². The lowest BCUT2D eigenvalue weighted by Gasteiger charge is -2.17. The number of amides is 1. The molecule has 0 bridgehead atoms. The van der Waals surface area contributed by atoms with Crippen molar-refractivity contribution in [3.05, 3.63) is 64.7 Å². The Morgan fingerprint density at radius 3 is 2.63 bits per heavy atom. The lowest BCUT2D eigenvalue weighted by molar-refractivity contribution is 0.100. The summed E-state index contributed by atoms with van der Waals surface area (Å²) in [7, 11) is 1.73. The normalized spacial score (nSPS) is 16.3. The van der Waals surface area contributed by atoms with Crippen molar-refractivity contribution in [3.63, 3.8) is 0 Å². The number of nitrogens with one attached hydrogen (secondary N) is 2. The Kier molecular flexibility index (Phi) is 7.68. The third-order valence-corrected chi connectivity index (χ3v) is 5.09. The maximum atomic E-state index is 11.2. The molecule has 7 nitrogen and oxygen atoms in total. The van der Waals surface area contributed by atoms with E-state index in [1.807, 2.05) is 12.1 Å². The van der Waals surface area contributed by atoms with Crippen LogP contribution in [0.15, 0.2) is 47.5 Å². The van der Waals surface area contributed by atoms with Crippen LogP contribution in [-0.2, 0) is 17.8 Å². The number of nitrogens with zero attached hydrogens (tertiary/aromatic N) is 1. The van der Waals surface area contributed by atoms with E-state index in [0.29, 0.717) is 37.1 Å². The SMILES string of the molecule is CN=C(NCc1ccc(C(N)=O)cc1)NCc1ccc(C)cc1OCC1CCOC1. The number of carbonyl (C=O) groups excluding carboxylic acids is 1. The fraction of sp³-hybridized carbons (Fsp3) is 0.391. The molecule has 1 heterocycles. The molecule has 1 aliphatic rings. The van der Waals surface area contributed by atoms with Gasteiger partial charge in [-0.15, -0.1) is 0 Å². The molecule has 1 aliphatic heterocycles. The summed E-state index contributed by atoms with van der Waals surface area (Å²) in [5.41, 5.74) is 9.05. The van der Waals surface area contributed by atoms with E-state index in [1.165, 1.54) is 5.56 Å². The molecule has 4 N–H and O–H groups in total. The summed E-state index contributed by atoms with van der Waals surface area (Å²) in [6.07, 6.45) is 1.05. The zero-order chi connectivity index (χ0) is 21.3. The van der Waals surface area contributed by atoms with Crippen molar-refractivity contribution in [3.8, 4) is 5.75 Å². The van der Waals surface area contributed by atoms with Gasteiger partial charge in [0.25, 0.3) is 0 Å². The van der Waals surface area contributed by atoms with Crippen LogP contribution < -0.4 is 21.1 Å². The second kappa shape index (κ2) is 10.6. The van der Waals surface area contributed by atoms with Gasteiger partial charge in [-0.25, -0.2) is 0 Å². The fourth-order valence-corrected chi connectivity index (χ4v) is 3.24. The number of hydrogen-bond acceptors (Lipinski definition) is 4. The predicted octanol–water partition coefficient (Wildman–Crippen LogP) is 2.37. The Balaban J connectivity index is 1.54. The van der Waals surface area contributed by atoms with Gasteiger partial charge in [-0.3, -0.25) is 9.79 Å². The summed E-state index contributed by atoms with van der Waals surface area (Å²) < 4.78 is 11.5. The fourth-order valence-electron chi connectivity index (χ4n) is 3.24. The zero-order valence-electron chi connectivity index (χ0n) is 17.6. The molecule has 1 amide bonds. The molecule has 30 heavy (non-hydrogen) atoms. The van der Waals surface area contributed by atoms with Gasteiger partial charge in [0.1, 0.15) is 5.75 Å². The number of hydrogen-bond donors (Lipinski definition) is 3. The molecule has 2 aromatic rings. The molecule has 7 heteroatoms. The van der Waals surface area contributed by atoms with Crippen LogP contribution in [0.2, 0.25) is 0 Å². The van der Waals surface area contributed by atoms with E-state index >= 15 is 0 Å². The van der Waals surface area contributed by atoms with Crippen molar-refractivity contribution < 1.29 is 14.3 Å². The van der Waals surface area contributed by atoms with Crippen molar-refractivity contribution in [1.29, 1.82) is 0 Å². The van der Waals surface area contributed by atoms with Crippen LogP contribution in [0.3, 0.4) is 0 Å². The number of rotatable bonds is 8. The van der Waals surface area contributed by atoms with Crippen molar-refractivity contribution in [2.45, 2.75) is 26.4 Å². The van der Waals surface area contributed by atoms with E-state index in [9.17, 15) is 4.79 Å². The molecule has 160 valence electrons. The molecule has 0 aromatic heterocycles. The number of aliphatic imine (C=N–C) groups is 1. The Bertz CT molecular complexity index is 875. The van der Waals surface area contributed by atoms with Crippen LogP contribution in [0.1, 0.15) is 33.5 Å². The maximum Gasteiger partial charge on any atom is 0.248 e. The largest absolute Gasteiger partial charge is 0.493 e. The monoisotopic (exact) mass is 410 g/mol. The number of guanidine groups is 1. The number of nitrogens with two attached hydrogens (primary N) is 1. The van der Waals surface area contributed by atoms with Crippen LogP contribution in [-0.4, -0.2) is 38.7 Å². The van der Waals surface area contributed by atoms with Gasteiger partial charge < -0.3 is 25.8 Å². The van der Waals surface area contributed by atoms with Gasteiger partial charge in [0.15, 0.2) is 5.96 Å². The Morgan fingerprint density at radius 1 is 1.20 bits per heavy atom. The van der Waals surface area contributed by atoms with Crippen LogP contribution in [0.25, 0.3) is 0 Å². The quantitative estimate of drug-likeness (QED) is 0.458. The number of aryl methyl sites for hydroxylation is 1. The molecule has 1 atom stereocenters. The number of carbonyl (C=O) groups is 1. The minimum absolute atomic E-state index is 0.427. The van der Waals surface area contributed by atoms with Crippen molar-refractivity contribution in [2.24, 2.45) is 16.6 Å². The topological polar surface area (TPSA) is 98.0 Å². The predicted molar refractivity (Wildman–Crippen MR) is 118 cm³/mol. The van der Waals surface area contributed by atoms with Gasteiger partial charge in [0, 0.05) is 43.8 Å². The van der Waals surface area contributed by atoms with Gasteiger partial charge in [0.05, 0.1) is 13.2 Å². The molecule has 1 fully saturated rings. The number of ether oxygens (including phenoxy) is 2. The Labute approximate surface area is 177 Å². The molecule has 1 unspecified atom stereocenters. The zero-order valence-corrected chi connectivity index (χ0v) is 17.6. The second-order valence-corrected chi connectivity index (χ2v) is 7.49. The molecule has 0 saturated carbocycles. The molecular weight excluding hydrogens is 380 g/mol. The van der Waals surface area contributed by atoms with E-state index in [1.54, 1.807) is 19.2 Å². The molecule has 2 aromatic carbocycles. The molecule has 0 radical (unpaired) electrons. The minimum Gasteiger partial charge on any atom is -0.493 e. The number of benzene rings is 2. The lowest BCUT2D eigenvalue weighted by atomic mass is 10.1. The van der Waals surface area contributed by atoms with E-state index in [0.717, 1.165) is 36.5 Å². The van der Waals surface area contributed by atoms with E-state index in [2.05, 4.69) is 40.7 Å². The summed E-state index contributed by atoms with van der Waals surface area (Å²) in [6.45, 7) is 5.51. The van der Waals surface area contributed by atoms with Gasteiger partial charge in [-0.1, -0.05) is 24.3 Å². The molecule has 0 spiro atoms. The van der Waals surface area contributed by atoms with Gasteiger partial charge in [-0.2, -0.15) is 0 Å². The summed E-state index contributed by atoms with van der Waals surface area (Å²) >= 11 is 0. The van der Waals surface area contributed by atoms with Crippen LogP contribution in [0.4, 0.5) is 0 Å². The highest BCUT2D eigenvalue weighted by Gasteiger charge is 2.17. The van der Waals surface area contributed by atoms with Crippen molar-refractivity contribution in [2.75, 3.05) is 26.9 Å². The summed E-state index contributed by atoms with van der Waals surface area (Å²) in [5.74, 6) is 1.61. The summed E-state index contributed by atoms with van der Waals surface area (Å²) in [5, 5.41) is 6.61. The summed E-state index contributed by atoms with van der Waals surface area (Å²) in [6, 6.07) is 13.4. The lowest BCUT2D eigenvalue weighted by Crippen LogP contribution is -2.36. The highest BCUT2D eigenvalue weighted by atomic mass is 16.5. The maximum absolute atomic E-state index is 11.2. The molecular formula is C23H30N4O3. The first kappa shape index (κ1) is 21.6. The molecule has 0 aliphatic carbocycles. The van der Waals surface area contributed by atoms with Gasteiger partial charge in [-0.05, 0) is 42.7 Å². The van der Waals surface area contributed by atoms with Crippen LogP contribution >= 0.6 is 0 Å². The van der Waals surface area contributed by atoms with Crippen LogP contribution in [0.5, 0.6) is 5.75 Å². The van der Waals surface area contributed by atoms with Crippen LogP contribution in [0, 0.1) is 12.8 Å². The first-order chi connectivity index (χ1) is 14.5. The smallest absolute Gasteiger partial charge is 0.248 e.